The number of hydrogen-bond acceptors (Lipinski definition) is 5. The molecule has 0 spiro atoms. The van der Waals surface area contributed by atoms with Crippen LogP contribution in [0.3, 0.4) is 0 Å². The van der Waals surface area contributed by atoms with E-state index >= 15 is 0 Å². The Balaban J connectivity index is 1.51. The second-order valence-electron chi connectivity index (χ2n) is 7.07. The summed E-state index contributed by atoms with van der Waals surface area (Å²) in [5.41, 5.74) is 4.61. The van der Waals surface area contributed by atoms with Crippen molar-refractivity contribution in [3.8, 4) is 0 Å². The molecule has 1 saturated heterocycles. The van der Waals surface area contributed by atoms with E-state index in [1.165, 1.54) is 6.20 Å². The van der Waals surface area contributed by atoms with Crippen molar-refractivity contribution in [2.45, 2.75) is 25.4 Å². The second kappa shape index (κ2) is 8.25. The van der Waals surface area contributed by atoms with Crippen LogP contribution >= 0.6 is 0 Å². The van der Waals surface area contributed by atoms with Crippen molar-refractivity contribution < 1.29 is 19.2 Å². The summed E-state index contributed by atoms with van der Waals surface area (Å²) in [6, 6.07) is 6.85. The summed E-state index contributed by atoms with van der Waals surface area (Å²) in [7, 11) is 0. The van der Waals surface area contributed by atoms with E-state index in [1.54, 1.807) is 36.5 Å². The first kappa shape index (κ1) is 20.1. The molecular weight excluding hydrogens is 398 g/mol. The van der Waals surface area contributed by atoms with Crippen LogP contribution in [0.25, 0.3) is 0 Å². The van der Waals surface area contributed by atoms with Gasteiger partial charge in [0.25, 0.3) is 11.8 Å². The van der Waals surface area contributed by atoms with Gasteiger partial charge >= 0.3 is 6.03 Å². The Morgan fingerprint density at radius 3 is 2.77 bits per heavy atom. The molecule has 3 N–H and O–H groups in total. The zero-order valence-electron chi connectivity index (χ0n) is 16.5. The predicted octanol–water partition coefficient (Wildman–Crippen LogP) is 1.95. The van der Waals surface area contributed by atoms with Crippen molar-refractivity contribution in [1.29, 1.82) is 0 Å². The largest absolute Gasteiger partial charge is 0.334 e. The van der Waals surface area contributed by atoms with Gasteiger partial charge in [-0.15, -0.1) is 5.73 Å². The number of allylic oxidation sites excluding steroid dienone is 1. The maximum atomic E-state index is 13.1. The first-order valence-corrected chi connectivity index (χ1v) is 9.64. The van der Waals surface area contributed by atoms with E-state index in [1.807, 2.05) is 0 Å². The SMILES string of the molecule is C=C=C1CCC(N2C(=O)c3cccc(CNC(=O)Nc4cccnc4)c3C2=O)C(=O)N1. The van der Waals surface area contributed by atoms with Gasteiger partial charge in [0.1, 0.15) is 6.04 Å². The number of pyridine rings is 1. The molecule has 0 radical (unpaired) electrons. The Bertz CT molecular complexity index is 1140. The van der Waals surface area contributed by atoms with Crippen molar-refractivity contribution in [2.24, 2.45) is 0 Å². The lowest BCUT2D eigenvalue weighted by Gasteiger charge is -2.29. The third-order valence-corrected chi connectivity index (χ3v) is 5.16. The van der Waals surface area contributed by atoms with Gasteiger partial charge in [-0.3, -0.25) is 24.3 Å². The van der Waals surface area contributed by atoms with Crippen LogP contribution in [0.15, 0.2) is 60.7 Å². The number of nitrogens with one attached hydrogen (secondary N) is 3. The van der Waals surface area contributed by atoms with Gasteiger partial charge in [-0.2, -0.15) is 0 Å². The summed E-state index contributed by atoms with van der Waals surface area (Å²) in [5, 5.41) is 7.93. The van der Waals surface area contributed by atoms with Gasteiger partial charge in [-0.1, -0.05) is 18.7 Å². The molecule has 2 aromatic rings. The highest BCUT2D eigenvalue weighted by Gasteiger charge is 2.44. The first-order chi connectivity index (χ1) is 15.0. The molecule has 0 bridgehead atoms. The molecule has 5 amide bonds. The molecule has 2 aliphatic rings. The van der Waals surface area contributed by atoms with Crippen molar-refractivity contribution in [3.05, 3.63) is 77.4 Å². The lowest BCUT2D eigenvalue weighted by atomic mass is 10.0. The van der Waals surface area contributed by atoms with Gasteiger partial charge < -0.3 is 16.0 Å². The van der Waals surface area contributed by atoms with Crippen molar-refractivity contribution in [1.82, 2.24) is 20.5 Å². The number of hydrogen-bond donors (Lipinski definition) is 3. The van der Waals surface area contributed by atoms with Crippen LogP contribution < -0.4 is 16.0 Å². The van der Waals surface area contributed by atoms with Gasteiger partial charge in [0.15, 0.2) is 0 Å². The molecule has 1 aromatic carbocycles. The second-order valence-corrected chi connectivity index (χ2v) is 7.07. The number of carbonyl (C=O) groups is 4. The normalized spacial score (nSPS) is 17.7. The van der Waals surface area contributed by atoms with Gasteiger partial charge in [0.2, 0.25) is 5.91 Å². The molecular formula is C22H19N5O4. The minimum Gasteiger partial charge on any atom is -0.334 e. The van der Waals surface area contributed by atoms with E-state index in [2.05, 4.69) is 33.2 Å². The number of anilines is 1. The summed E-state index contributed by atoms with van der Waals surface area (Å²) in [5.74, 6) is -1.51. The minimum absolute atomic E-state index is 0.0301. The van der Waals surface area contributed by atoms with Gasteiger partial charge in [-0.25, -0.2) is 4.79 Å². The van der Waals surface area contributed by atoms with Crippen molar-refractivity contribution >= 4 is 29.4 Å². The summed E-state index contributed by atoms with van der Waals surface area (Å²) >= 11 is 0. The number of imide groups is 1. The zero-order chi connectivity index (χ0) is 22.0. The number of benzene rings is 1. The topological polar surface area (TPSA) is 120 Å². The molecule has 156 valence electrons. The number of urea groups is 1. The molecule has 9 nitrogen and oxygen atoms in total. The van der Waals surface area contributed by atoms with E-state index in [9.17, 15) is 19.2 Å². The standard InChI is InChI=1S/C22H19N5O4/c1-2-14-8-9-17(19(28)25-14)27-20(29)16-7-3-5-13(18(16)21(27)30)11-24-22(31)26-15-6-4-10-23-12-15/h3-7,10,12,17H,1,8-9,11H2,(H,25,28)(H2,24,26,31). The molecule has 2 aliphatic heterocycles. The third kappa shape index (κ3) is 3.82. The Hall–Kier alpha value is -4.23. The Morgan fingerprint density at radius 2 is 2.06 bits per heavy atom. The zero-order valence-corrected chi connectivity index (χ0v) is 16.5. The van der Waals surface area contributed by atoms with Crippen molar-refractivity contribution in [2.75, 3.05) is 5.32 Å². The van der Waals surface area contributed by atoms with Crippen LogP contribution in [0.4, 0.5) is 10.5 Å². The lowest BCUT2D eigenvalue weighted by Crippen LogP contribution is -2.51. The monoisotopic (exact) mass is 417 g/mol. The molecule has 0 saturated carbocycles. The Labute approximate surface area is 177 Å². The molecule has 1 aromatic heterocycles. The van der Waals surface area contributed by atoms with E-state index in [0.717, 1.165) is 4.90 Å². The first-order valence-electron chi connectivity index (χ1n) is 9.64. The summed E-state index contributed by atoms with van der Waals surface area (Å²) in [6.45, 7) is 3.54. The lowest BCUT2D eigenvalue weighted by molar-refractivity contribution is -0.125. The number of piperidine rings is 1. The molecule has 1 atom stereocenters. The number of rotatable bonds is 4. The smallest absolute Gasteiger partial charge is 0.319 e. The fourth-order valence-electron chi connectivity index (χ4n) is 3.68. The Kier molecular flexibility index (Phi) is 5.34. The number of fused-ring (bicyclic) bond motifs is 1. The maximum Gasteiger partial charge on any atom is 0.319 e. The van der Waals surface area contributed by atoms with E-state index < -0.39 is 29.8 Å². The molecule has 1 fully saturated rings. The van der Waals surface area contributed by atoms with Crippen LogP contribution in [0.5, 0.6) is 0 Å². The van der Waals surface area contributed by atoms with Crippen molar-refractivity contribution in [3.63, 3.8) is 0 Å². The van der Waals surface area contributed by atoms with Crippen LogP contribution in [0, 0.1) is 0 Å². The van der Waals surface area contributed by atoms with Gasteiger partial charge in [0, 0.05) is 12.7 Å². The van der Waals surface area contributed by atoms with Gasteiger partial charge in [0.05, 0.1) is 28.7 Å². The van der Waals surface area contributed by atoms with Crippen LogP contribution in [0.1, 0.15) is 39.1 Å². The van der Waals surface area contributed by atoms with Crippen LogP contribution in [-0.2, 0) is 11.3 Å². The predicted molar refractivity (Wildman–Crippen MR) is 111 cm³/mol. The third-order valence-electron chi connectivity index (χ3n) is 5.16. The number of carbonyl (C=O) groups excluding carboxylic acids is 4. The Morgan fingerprint density at radius 1 is 1.23 bits per heavy atom. The maximum absolute atomic E-state index is 13.1. The highest BCUT2D eigenvalue weighted by Crippen LogP contribution is 2.30. The van der Waals surface area contributed by atoms with E-state index in [0.29, 0.717) is 29.8 Å². The number of amides is 5. The van der Waals surface area contributed by atoms with Crippen LogP contribution in [-0.4, -0.2) is 39.7 Å². The summed E-state index contributed by atoms with van der Waals surface area (Å²) < 4.78 is 0. The van der Waals surface area contributed by atoms with E-state index in [4.69, 9.17) is 0 Å². The van der Waals surface area contributed by atoms with E-state index in [-0.39, 0.29) is 17.7 Å². The average Bonchev–Trinajstić information content (AvgIpc) is 3.03. The number of nitrogens with zero attached hydrogens (tertiary/aromatic N) is 2. The molecule has 4 rings (SSSR count). The highest BCUT2D eigenvalue weighted by molar-refractivity contribution is 6.23. The molecule has 9 heteroatoms. The quantitative estimate of drug-likeness (QED) is 0.519. The number of aromatic nitrogens is 1. The highest BCUT2D eigenvalue weighted by atomic mass is 16.2. The summed E-state index contributed by atoms with van der Waals surface area (Å²) in [4.78, 5) is 55.6. The molecule has 0 aliphatic carbocycles. The summed E-state index contributed by atoms with van der Waals surface area (Å²) in [6.07, 6.45) is 3.85. The molecule has 1 unspecified atom stereocenters. The minimum atomic E-state index is -0.904. The molecule has 3 heterocycles. The molecule has 31 heavy (non-hydrogen) atoms. The average molecular weight is 417 g/mol. The fraction of sp³-hybridized carbons (Fsp3) is 0.182. The van der Waals surface area contributed by atoms with Crippen LogP contribution in [0.2, 0.25) is 0 Å². The van der Waals surface area contributed by atoms with Gasteiger partial charge in [-0.05, 0) is 36.6 Å². The fourth-order valence-corrected chi connectivity index (χ4v) is 3.68.